The maximum atomic E-state index is 3.83. The summed E-state index contributed by atoms with van der Waals surface area (Å²) in [6.07, 6.45) is 17.5. The summed E-state index contributed by atoms with van der Waals surface area (Å²) in [6, 6.07) is 0.885. The smallest absolute Gasteiger partial charge is 0.00684 e. The fourth-order valence-corrected chi connectivity index (χ4v) is 3.79. The largest absolute Gasteiger partial charge is 0.313 e. The van der Waals surface area contributed by atoms with Gasteiger partial charge in [-0.15, -0.1) is 0 Å². The highest BCUT2D eigenvalue weighted by Crippen LogP contribution is 2.44. The zero-order valence-corrected chi connectivity index (χ0v) is 13.3. The molecule has 112 valence electrons. The molecule has 0 aromatic rings. The Hall–Kier alpha value is -0.0400. The average Bonchev–Trinajstić information content (AvgIpc) is 3.27. The van der Waals surface area contributed by atoms with Gasteiger partial charge in [-0.2, -0.15) is 0 Å². The van der Waals surface area contributed by atoms with Crippen molar-refractivity contribution in [3.8, 4) is 0 Å². The van der Waals surface area contributed by atoms with E-state index in [1.807, 2.05) is 0 Å². The van der Waals surface area contributed by atoms with Crippen LogP contribution < -0.4 is 5.32 Å². The third kappa shape index (κ3) is 5.10. The molecule has 2 aliphatic rings. The van der Waals surface area contributed by atoms with E-state index in [0.717, 1.165) is 12.0 Å². The van der Waals surface area contributed by atoms with E-state index < -0.39 is 0 Å². The van der Waals surface area contributed by atoms with Crippen LogP contribution in [-0.4, -0.2) is 12.6 Å². The molecule has 0 amide bonds. The van der Waals surface area contributed by atoms with Crippen LogP contribution >= 0.6 is 0 Å². The first-order valence-corrected chi connectivity index (χ1v) is 9.01. The molecule has 1 nitrogen and oxygen atoms in total. The van der Waals surface area contributed by atoms with Crippen molar-refractivity contribution in [2.45, 2.75) is 96.9 Å². The zero-order valence-electron chi connectivity index (χ0n) is 13.3. The van der Waals surface area contributed by atoms with E-state index in [0.29, 0.717) is 5.41 Å². The molecule has 0 spiro atoms. The molecule has 0 saturated heterocycles. The summed E-state index contributed by atoms with van der Waals surface area (Å²) in [5, 5.41) is 3.83. The first-order valence-electron chi connectivity index (χ1n) is 9.01. The van der Waals surface area contributed by atoms with Crippen LogP contribution in [0.1, 0.15) is 90.9 Å². The first-order chi connectivity index (χ1) is 9.28. The molecule has 2 aliphatic carbocycles. The Morgan fingerprint density at radius 3 is 2.21 bits per heavy atom. The van der Waals surface area contributed by atoms with Crippen LogP contribution in [0.25, 0.3) is 0 Å². The number of nitrogens with one attached hydrogen (secondary N) is 1. The highest BCUT2D eigenvalue weighted by atomic mass is 15.0. The van der Waals surface area contributed by atoms with E-state index in [4.69, 9.17) is 0 Å². The van der Waals surface area contributed by atoms with Gasteiger partial charge in [-0.3, -0.25) is 0 Å². The maximum Gasteiger partial charge on any atom is 0.00684 e. The van der Waals surface area contributed by atoms with Crippen molar-refractivity contribution >= 4 is 0 Å². The third-order valence-corrected chi connectivity index (χ3v) is 5.54. The van der Waals surface area contributed by atoms with Crippen molar-refractivity contribution in [3.05, 3.63) is 0 Å². The van der Waals surface area contributed by atoms with E-state index >= 15 is 0 Å². The lowest BCUT2D eigenvalue weighted by atomic mass is 9.67. The molecular formula is C18H35N. The van der Waals surface area contributed by atoms with Crippen molar-refractivity contribution in [1.29, 1.82) is 0 Å². The number of hydrogen-bond donors (Lipinski definition) is 1. The predicted octanol–water partition coefficient (Wildman–Crippen LogP) is 5.30. The van der Waals surface area contributed by atoms with Gasteiger partial charge in [0.15, 0.2) is 0 Å². The van der Waals surface area contributed by atoms with Gasteiger partial charge in [-0.25, -0.2) is 0 Å². The monoisotopic (exact) mass is 265 g/mol. The van der Waals surface area contributed by atoms with Gasteiger partial charge in [0.25, 0.3) is 0 Å². The van der Waals surface area contributed by atoms with Crippen molar-refractivity contribution < 1.29 is 0 Å². The molecule has 0 bridgehead atoms. The van der Waals surface area contributed by atoms with Gasteiger partial charge in [0.1, 0.15) is 0 Å². The van der Waals surface area contributed by atoms with Crippen molar-refractivity contribution in [3.63, 3.8) is 0 Å². The molecule has 0 aromatic carbocycles. The van der Waals surface area contributed by atoms with Gasteiger partial charge in [-0.1, -0.05) is 46.0 Å². The van der Waals surface area contributed by atoms with Gasteiger partial charge in [0.2, 0.25) is 0 Å². The SMILES string of the molecule is CCCCC1CCC(CCCC)(CNC2CC2)CC1. The fourth-order valence-electron chi connectivity index (χ4n) is 3.79. The lowest BCUT2D eigenvalue weighted by Gasteiger charge is -2.41. The molecule has 1 heteroatoms. The standard InChI is InChI=1S/C18H35N/c1-3-5-7-16-10-13-18(14-11-16,12-6-4-2)15-19-17-8-9-17/h16-17,19H,3-15H2,1-2H3. The second kappa shape index (κ2) is 7.67. The summed E-state index contributed by atoms with van der Waals surface area (Å²) in [4.78, 5) is 0. The summed E-state index contributed by atoms with van der Waals surface area (Å²) in [5.74, 6) is 1.05. The Balaban J connectivity index is 1.77. The van der Waals surface area contributed by atoms with Gasteiger partial charge in [-0.05, 0) is 56.3 Å². The average molecular weight is 265 g/mol. The first kappa shape index (κ1) is 15.4. The molecule has 2 fully saturated rings. The van der Waals surface area contributed by atoms with E-state index in [1.54, 1.807) is 0 Å². The second-order valence-corrected chi connectivity index (χ2v) is 7.34. The van der Waals surface area contributed by atoms with Gasteiger partial charge < -0.3 is 5.32 Å². The summed E-state index contributed by atoms with van der Waals surface area (Å²) in [6.45, 7) is 5.99. The summed E-state index contributed by atoms with van der Waals surface area (Å²) >= 11 is 0. The molecule has 2 rings (SSSR count). The number of rotatable bonds is 9. The summed E-state index contributed by atoms with van der Waals surface area (Å²) in [5.41, 5.74) is 0.668. The zero-order chi connectivity index (χ0) is 13.6. The maximum absolute atomic E-state index is 3.83. The molecule has 0 atom stereocenters. The minimum absolute atomic E-state index is 0.668. The lowest BCUT2D eigenvalue weighted by molar-refractivity contribution is 0.124. The van der Waals surface area contributed by atoms with Crippen molar-refractivity contribution in [2.75, 3.05) is 6.54 Å². The van der Waals surface area contributed by atoms with Crippen LogP contribution in [0.3, 0.4) is 0 Å². The molecule has 19 heavy (non-hydrogen) atoms. The van der Waals surface area contributed by atoms with Crippen LogP contribution in [0, 0.1) is 11.3 Å². The minimum Gasteiger partial charge on any atom is -0.313 e. The Morgan fingerprint density at radius 1 is 0.947 bits per heavy atom. The molecular weight excluding hydrogens is 230 g/mol. The molecule has 2 saturated carbocycles. The van der Waals surface area contributed by atoms with E-state index in [-0.39, 0.29) is 0 Å². The molecule has 0 aromatic heterocycles. The van der Waals surface area contributed by atoms with E-state index in [9.17, 15) is 0 Å². The van der Waals surface area contributed by atoms with E-state index in [1.165, 1.54) is 83.6 Å². The summed E-state index contributed by atoms with van der Waals surface area (Å²) in [7, 11) is 0. The molecule has 0 unspecified atom stereocenters. The molecule has 0 radical (unpaired) electrons. The predicted molar refractivity (Wildman–Crippen MR) is 84.5 cm³/mol. The fraction of sp³-hybridized carbons (Fsp3) is 1.00. The van der Waals surface area contributed by atoms with Gasteiger partial charge >= 0.3 is 0 Å². The van der Waals surface area contributed by atoms with Crippen LogP contribution in [0.2, 0.25) is 0 Å². The highest BCUT2D eigenvalue weighted by Gasteiger charge is 2.35. The summed E-state index contributed by atoms with van der Waals surface area (Å²) < 4.78 is 0. The molecule has 0 heterocycles. The van der Waals surface area contributed by atoms with Crippen LogP contribution in [0.15, 0.2) is 0 Å². The molecule has 1 N–H and O–H groups in total. The van der Waals surface area contributed by atoms with Crippen LogP contribution in [0.4, 0.5) is 0 Å². The minimum atomic E-state index is 0.668. The van der Waals surface area contributed by atoms with Gasteiger partial charge in [0.05, 0.1) is 0 Å². The number of unbranched alkanes of at least 4 members (excludes halogenated alkanes) is 2. The Morgan fingerprint density at radius 2 is 1.63 bits per heavy atom. The second-order valence-electron chi connectivity index (χ2n) is 7.34. The van der Waals surface area contributed by atoms with Gasteiger partial charge in [0, 0.05) is 12.6 Å². The van der Waals surface area contributed by atoms with Crippen molar-refractivity contribution in [2.24, 2.45) is 11.3 Å². The highest BCUT2D eigenvalue weighted by molar-refractivity contribution is 4.91. The number of hydrogen-bond acceptors (Lipinski definition) is 1. The van der Waals surface area contributed by atoms with Crippen molar-refractivity contribution in [1.82, 2.24) is 5.32 Å². The Kier molecular flexibility index (Phi) is 6.19. The quantitative estimate of drug-likeness (QED) is 0.597. The van der Waals surface area contributed by atoms with Crippen LogP contribution in [0.5, 0.6) is 0 Å². The topological polar surface area (TPSA) is 12.0 Å². The third-order valence-electron chi connectivity index (χ3n) is 5.54. The lowest BCUT2D eigenvalue weighted by Crippen LogP contribution is -2.38. The van der Waals surface area contributed by atoms with Crippen LogP contribution in [-0.2, 0) is 0 Å². The normalized spacial score (nSPS) is 31.6. The Labute approximate surface area is 120 Å². The molecule has 0 aliphatic heterocycles. The Bertz CT molecular complexity index is 236. The van der Waals surface area contributed by atoms with E-state index in [2.05, 4.69) is 19.2 Å².